The number of aliphatic hydroxyl groups excluding tert-OH is 1. The van der Waals surface area contributed by atoms with Crippen LogP contribution in [0.15, 0.2) is 0 Å². The number of hydrogen-bond acceptors (Lipinski definition) is 2. The van der Waals surface area contributed by atoms with Crippen LogP contribution < -0.4 is 0 Å². The number of rotatable bonds is 3. The predicted octanol–water partition coefficient (Wildman–Crippen LogP) is 1.37. The van der Waals surface area contributed by atoms with Gasteiger partial charge in [-0.15, -0.1) is 0 Å². The fraction of sp³-hybridized carbons (Fsp3) is 0.889. The number of hydrogen-bond donors (Lipinski definition) is 1. The minimum absolute atomic E-state index is 0.137. The minimum Gasteiger partial charge on any atom is -0.393 e. The number of carbonyl (C=O) groups is 1. The van der Waals surface area contributed by atoms with Gasteiger partial charge in [0.15, 0.2) is 0 Å². The Morgan fingerprint density at radius 1 is 1.82 bits per heavy atom. The average Bonchev–Trinajstić information content (AvgIpc) is 2.37. The Labute approximate surface area is 69.0 Å². The van der Waals surface area contributed by atoms with Crippen LogP contribution in [-0.2, 0) is 4.79 Å². The first-order valence-electron chi connectivity index (χ1n) is 4.83. The van der Waals surface area contributed by atoms with Gasteiger partial charge in [-0.1, -0.05) is 6.92 Å². The van der Waals surface area contributed by atoms with E-state index in [4.69, 9.17) is 1.37 Å². The van der Waals surface area contributed by atoms with E-state index in [2.05, 4.69) is 0 Å². The zero-order valence-electron chi connectivity index (χ0n) is 7.92. The zero-order valence-corrected chi connectivity index (χ0v) is 6.92. The van der Waals surface area contributed by atoms with Crippen LogP contribution in [0.4, 0.5) is 0 Å². The van der Waals surface area contributed by atoms with Crippen LogP contribution in [0.5, 0.6) is 0 Å². The van der Waals surface area contributed by atoms with Crippen molar-refractivity contribution in [1.29, 1.82) is 0 Å². The van der Waals surface area contributed by atoms with Crippen molar-refractivity contribution in [3.63, 3.8) is 0 Å². The molecule has 0 bridgehead atoms. The fourth-order valence-corrected chi connectivity index (χ4v) is 1.87. The summed E-state index contributed by atoms with van der Waals surface area (Å²) in [6, 6.07) is 0. The van der Waals surface area contributed by atoms with Gasteiger partial charge < -0.3 is 9.90 Å². The van der Waals surface area contributed by atoms with Gasteiger partial charge in [0.05, 0.1) is 6.10 Å². The van der Waals surface area contributed by atoms with Gasteiger partial charge in [0.1, 0.15) is 7.63 Å². The summed E-state index contributed by atoms with van der Waals surface area (Å²) in [5.41, 5.74) is 0. The maximum absolute atomic E-state index is 10.9. The molecule has 1 saturated carbocycles. The normalized spacial score (nSPS) is 34.9. The summed E-state index contributed by atoms with van der Waals surface area (Å²) in [6.07, 6.45) is 2.46. The molecule has 0 aromatic rings. The molecule has 11 heavy (non-hydrogen) atoms. The van der Waals surface area contributed by atoms with Gasteiger partial charge >= 0.3 is 0 Å². The van der Waals surface area contributed by atoms with Crippen LogP contribution in [0.3, 0.4) is 0 Å². The quantitative estimate of drug-likeness (QED) is 0.628. The van der Waals surface area contributed by atoms with E-state index >= 15 is 0 Å². The van der Waals surface area contributed by atoms with Gasteiger partial charge in [-0.2, -0.15) is 0 Å². The first kappa shape index (κ1) is 7.29. The van der Waals surface area contributed by atoms with E-state index in [1.165, 1.54) is 0 Å². The van der Waals surface area contributed by atoms with E-state index in [-0.39, 0.29) is 17.9 Å². The van der Waals surface area contributed by atoms with Gasteiger partial charge in [0, 0.05) is 5.92 Å². The van der Waals surface area contributed by atoms with E-state index in [1.54, 1.807) is 0 Å². The molecule has 1 aliphatic carbocycles. The molecular weight excluding hydrogens is 140 g/mol. The van der Waals surface area contributed by atoms with Crippen LogP contribution in [0, 0.1) is 11.8 Å². The molecule has 0 spiro atoms. The fourth-order valence-electron chi connectivity index (χ4n) is 1.87. The summed E-state index contributed by atoms with van der Waals surface area (Å²) in [4.78, 5) is 10.9. The van der Waals surface area contributed by atoms with E-state index < -0.39 is 6.26 Å². The average molecular weight is 157 g/mol. The molecule has 0 aliphatic heterocycles. The first-order chi connectivity index (χ1) is 5.65. The van der Waals surface area contributed by atoms with Gasteiger partial charge in [0.25, 0.3) is 0 Å². The highest BCUT2D eigenvalue weighted by Gasteiger charge is 2.28. The van der Waals surface area contributed by atoms with E-state index in [9.17, 15) is 9.90 Å². The van der Waals surface area contributed by atoms with E-state index in [1.807, 2.05) is 6.92 Å². The van der Waals surface area contributed by atoms with E-state index in [0.717, 1.165) is 19.3 Å². The monoisotopic (exact) mass is 157 g/mol. The summed E-state index contributed by atoms with van der Waals surface area (Å²) < 4.78 is 7.05. The molecule has 1 fully saturated rings. The van der Waals surface area contributed by atoms with Crippen molar-refractivity contribution in [3.05, 3.63) is 0 Å². The third-order valence-electron chi connectivity index (χ3n) is 2.61. The molecular formula is C9H16O2. The Morgan fingerprint density at radius 3 is 2.91 bits per heavy atom. The molecule has 0 saturated heterocycles. The van der Waals surface area contributed by atoms with Crippen molar-refractivity contribution >= 4 is 6.26 Å². The van der Waals surface area contributed by atoms with Gasteiger partial charge in [-0.3, -0.25) is 0 Å². The van der Waals surface area contributed by atoms with E-state index in [0.29, 0.717) is 6.42 Å². The summed E-state index contributed by atoms with van der Waals surface area (Å²) in [6.45, 7) is 1.93. The van der Waals surface area contributed by atoms with Crippen LogP contribution in [-0.4, -0.2) is 17.5 Å². The van der Waals surface area contributed by atoms with Gasteiger partial charge in [0.2, 0.25) is 0 Å². The molecule has 0 radical (unpaired) electrons. The van der Waals surface area contributed by atoms with Crippen LogP contribution >= 0.6 is 0 Å². The van der Waals surface area contributed by atoms with Crippen molar-refractivity contribution in [3.8, 4) is 0 Å². The number of aldehydes is 1. The molecule has 1 N–H and O–H groups in total. The molecule has 64 valence electrons. The highest BCUT2D eigenvalue weighted by atomic mass is 16.3. The standard InChI is InChI=1S/C9H16O2/c1-2-7(6-10)8-3-4-9(11)5-8/h6-9,11H,2-5H2,1H3/t7?,8-,9+/m0/s1/i6D. The summed E-state index contributed by atoms with van der Waals surface area (Å²) in [5.74, 6) is 0.122. The molecule has 0 amide bonds. The SMILES string of the molecule is [2H]C(=O)C(CC)[C@H]1CC[C@@H](O)C1. The Bertz CT molecular complexity index is 170. The molecule has 1 rings (SSSR count). The second-order valence-corrected chi connectivity index (χ2v) is 3.36. The molecule has 3 atom stereocenters. The molecule has 1 aliphatic rings. The van der Waals surface area contributed by atoms with Crippen LogP contribution in [0.25, 0.3) is 0 Å². The lowest BCUT2D eigenvalue weighted by Gasteiger charge is -2.14. The first-order valence-corrected chi connectivity index (χ1v) is 4.33. The lowest BCUT2D eigenvalue weighted by Crippen LogP contribution is -2.13. The predicted molar refractivity (Wildman–Crippen MR) is 43.2 cm³/mol. The van der Waals surface area contributed by atoms with Crippen molar-refractivity contribution in [1.82, 2.24) is 0 Å². The van der Waals surface area contributed by atoms with Crippen molar-refractivity contribution in [2.45, 2.75) is 38.7 Å². The lowest BCUT2D eigenvalue weighted by atomic mass is 9.90. The van der Waals surface area contributed by atoms with Crippen LogP contribution in [0.2, 0.25) is 0 Å². The topological polar surface area (TPSA) is 37.3 Å². The van der Waals surface area contributed by atoms with Gasteiger partial charge in [-0.05, 0) is 31.6 Å². The Balaban J connectivity index is 2.49. The Kier molecular flexibility index (Phi) is 2.56. The molecule has 0 aromatic carbocycles. The molecule has 0 aromatic heterocycles. The zero-order chi connectivity index (χ0) is 9.14. The largest absolute Gasteiger partial charge is 0.393 e. The molecule has 2 nitrogen and oxygen atoms in total. The summed E-state index contributed by atoms with van der Waals surface area (Å²) in [5, 5.41) is 9.25. The Morgan fingerprint density at radius 2 is 2.55 bits per heavy atom. The minimum atomic E-state index is -0.461. The number of carbonyl (C=O) groups excluding carboxylic acids is 1. The van der Waals surface area contributed by atoms with Gasteiger partial charge in [-0.25, -0.2) is 0 Å². The van der Waals surface area contributed by atoms with Crippen molar-refractivity contribution < 1.29 is 11.3 Å². The maximum atomic E-state index is 10.9. The van der Waals surface area contributed by atoms with Crippen molar-refractivity contribution in [2.24, 2.45) is 11.8 Å². The molecule has 2 heteroatoms. The Hall–Kier alpha value is -0.370. The third kappa shape index (κ3) is 2.03. The van der Waals surface area contributed by atoms with Crippen LogP contribution in [0.1, 0.15) is 34.0 Å². The highest BCUT2D eigenvalue weighted by molar-refractivity contribution is 5.53. The summed E-state index contributed by atoms with van der Waals surface area (Å²) in [7, 11) is 0. The lowest BCUT2D eigenvalue weighted by molar-refractivity contribution is -0.112. The second-order valence-electron chi connectivity index (χ2n) is 3.36. The number of aliphatic hydroxyl groups is 1. The molecule has 1 unspecified atom stereocenters. The molecule has 0 heterocycles. The highest BCUT2D eigenvalue weighted by Crippen LogP contribution is 2.32. The maximum Gasteiger partial charge on any atom is 0.123 e. The third-order valence-corrected chi connectivity index (χ3v) is 2.61. The smallest absolute Gasteiger partial charge is 0.123 e. The summed E-state index contributed by atoms with van der Waals surface area (Å²) >= 11 is 0. The second kappa shape index (κ2) is 3.86. The van der Waals surface area contributed by atoms with Crippen molar-refractivity contribution in [2.75, 3.05) is 0 Å².